The van der Waals surface area contributed by atoms with Gasteiger partial charge < -0.3 is 4.98 Å². The van der Waals surface area contributed by atoms with Gasteiger partial charge in [-0.05, 0) is 19.8 Å². The van der Waals surface area contributed by atoms with Crippen LogP contribution in [0.2, 0.25) is 0 Å². The van der Waals surface area contributed by atoms with Crippen molar-refractivity contribution in [2.45, 2.75) is 32.6 Å². The second kappa shape index (κ2) is 7.98. The van der Waals surface area contributed by atoms with Gasteiger partial charge in [0.05, 0.1) is 12.5 Å². The molecule has 0 unspecified atom stereocenters. The number of carbonyl (C=O) groups excluding carboxylic acids is 2. The lowest BCUT2D eigenvalue weighted by Gasteiger charge is -1.99. The molecule has 2 amide bonds. The van der Waals surface area contributed by atoms with E-state index in [-0.39, 0.29) is 18.7 Å². The first-order chi connectivity index (χ1) is 9.13. The molecule has 0 aliphatic heterocycles. The molecule has 8 nitrogen and oxygen atoms in total. The molecule has 0 bridgehead atoms. The number of carbonyl (C=O) groups is 2. The van der Waals surface area contributed by atoms with Crippen molar-refractivity contribution in [2.75, 3.05) is 0 Å². The molecule has 0 radical (unpaired) electrons. The minimum atomic E-state index is -0.451. The van der Waals surface area contributed by atoms with E-state index in [1.165, 1.54) is 11.7 Å². The van der Waals surface area contributed by atoms with Crippen molar-refractivity contribution in [3.05, 3.63) is 17.7 Å². The van der Waals surface area contributed by atoms with E-state index in [2.05, 4.69) is 20.5 Å². The Balaban J connectivity index is 2.16. The molecule has 19 heavy (non-hydrogen) atoms. The molecule has 0 aromatic carbocycles. The first-order valence-corrected chi connectivity index (χ1v) is 5.88. The smallest absolute Gasteiger partial charge is 0.243 e. The van der Waals surface area contributed by atoms with Crippen LogP contribution in [0.5, 0.6) is 0 Å². The van der Waals surface area contributed by atoms with Crippen molar-refractivity contribution in [2.24, 2.45) is 5.10 Å². The largest absolute Gasteiger partial charge is 0.348 e. The van der Waals surface area contributed by atoms with Crippen LogP contribution in [-0.4, -0.2) is 33.2 Å². The average molecular weight is 267 g/mol. The number of hydrogen-bond donors (Lipinski definition) is 4. The van der Waals surface area contributed by atoms with Crippen LogP contribution in [0, 0.1) is 6.92 Å². The molecule has 8 heteroatoms. The van der Waals surface area contributed by atoms with Crippen molar-refractivity contribution < 1.29 is 14.8 Å². The summed E-state index contributed by atoms with van der Waals surface area (Å²) in [7, 11) is 0. The lowest BCUT2D eigenvalue weighted by Crippen LogP contribution is -2.19. The molecular weight excluding hydrogens is 250 g/mol. The number of hydrogen-bond acceptors (Lipinski definition) is 5. The fourth-order valence-electron chi connectivity index (χ4n) is 1.35. The molecule has 1 rings (SSSR count). The zero-order valence-electron chi connectivity index (χ0n) is 10.6. The summed E-state index contributed by atoms with van der Waals surface area (Å²) >= 11 is 0. The summed E-state index contributed by atoms with van der Waals surface area (Å²) < 4.78 is 0. The van der Waals surface area contributed by atoms with E-state index in [0.29, 0.717) is 18.5 Å². The predicted octanol–water partition coefficient (Wildman–Crippen LogP) is 0.234. The minimum Gasteiger partial charge on any atom is -0.348 e. The molecule has 0 aliphatic carbocycles. The summed E-state index contributed by atoms with van der Waals surface area (Å²) in [6.45, 7) is 1.85. The van der Waals surface area contributed by atoms with E-state index in [0.717, 1.165) is 5.69 Å². The fourth-order valence-corrected chi connectivity index (χ4v) is 1.35. The number of amides is 2. The average Bonchev–Trinajstić information content (AvgIpc) is 2.80. The Hall–Kier alpha value is -2.22. The highest BCUT2D eigenvalue weighted by atomic mass is 16.5. The van der Waals surface area contributed by atoms with Crippen LogP contribution in [0.3, 0.4) is 0 Å². The number of imidazole rings is 1. The molecule has 0 atom stereocenters. The molecule has 0 aliphatic rings. The quantitative estimate of drug-likeness (QED) is 0.245. The van der Waals surface area contributed by atoms with Crippen molar-refractivity contribution >= 4 is 18.0 Å². The molecule has 0 spiro atoms. The number of nitrogens with one attached hydrogen (secondary N) is 3. The predicted molar refractivity (Wildman–Crippen MR) is 67.5 cm³/mol. The summed E-state index contributed by atoms with van der Waals surface area (Å²) in [5.41, 5.74) is 5.45. The summed E-state index contributed by atoms with van der Waals surface area (Å²) in [5.74, 6) is -0.679. The topological polar surface area (TPSA) is 119 Å². The number of nitrogens with zero attached hydrogens (tertiary/aromatic N) is 2. The van der Waals surface area contributed by atoms with Crippen LogP contribution in [-0.2, 0) is 9.59 Å². The molecule has 1 aromatic rings. The Kier molecular flexibility index (Phi) is 6.23. The van der Waals surface area contributed by atoms with E-state index < -0.39 is 5.91 Å². The number of aryl methyl sites for hydroxylation is 1. The van der Waals surface area contributed by atoms with Gasteiger partial charge in [0.25, 0.3) is 0 Å². The maximum Gasteiger partial charge on any atom is 0.243 e. The zero-order valence-corrected chi connectivity index (χ0v) is 10.6. The normalized spacial score (nSPS) is 10.6. The molecule has 0 fully saturated rings. The van der Waals surface area contributed by atoms with Gasteiger partial charge in [0, 0.05) is 18.5 Å². The first kappa shape index (κ1) is 14.8. The molecule has 1 heterocycles. The lowest BCUT2D eigenvalue weighted by atomic mass is 10.2. The minimum absolute atomic E-state index is 0.194. The molecule has 104 valence electrons. The highest BCUT2D eigenvalue weighted by Crippen LogP contribution is 1.99. The van der Waals surface area contributed by atoms with E-state index >= 15 is 0 Å². The van der Waals surface area contributed by atoms with Crippen LogP contribution in [0.1, 0.15) is 37.1 Å². The first-order valence-electron chi connectivity index (χ1n) is 5.88. The van der Waals surface area contributed by atoms with Crippen molar-refractivity contribution in [3.63, 3.8) is 0 Å². The number of H-pyrrole nitrogens is 1. The van der Waals surface area contributed by atoms with Crippen LogP contribution in [0.4, 0.5) is 0 Å². The van der Waals surface area contributed by atoms with Crippen LogP contribution in [0.15, 0.2) is 11.4 Å². The summed E-state index contributed by atoms with van der Waals surface area (Å²) in [4.78, 5) is 28.9. The van der Waals surface area contributed by atoms with Crippen LogP contribution in [0.25, 0.3) is 0 Å². The summed E-state index contributed by atoms with van der Waals surface area (Å²) in [6, 6.07) is 0. The van der Waals surface area contributed by atoms with Crippen LogP contribution < -0.4 is 10.9 Å². The van der Waals surface area contributed by atoms with Gasteiger partial charge in [0.1, 0.15) is 5.69 Å². The third-order valence-electron chi connectivity index (χ3n) is 2.43. The zero-order chi connectivity index (χ0) is 14.1. The van der Waals surface area contributed by atoms with Gasteiger partial charge in [-0.3, -0.25) is 14.8 Å². The maximum atomic E-state index is 11.4. The SMILES string of the molecule is Cc1[nH]cnc1/C=N/NC(=O)CCCCC(=O)NO. The highest BCUT2D eigenvalue weighted by molar-refractivity contribution is 5.81. The lowest BCUT2D eigenvalue weighted by molar-refractivity contribution is -0.129. The van der Waals surface area contributed by atoms with Gasteiger partial charge in [0.2, 0.25) is 11.8 Å². The molecule has 4 N–H and O–H groups in total. The van der Waals surface area contributed by atoms with E-state index in [4.69, 9.17) is 5.21 Å². The molecule has 0 saturated carbocycles. The highest BCUT2D eigenvalue weighted by Gasteiger charge is 2.02. The number of aromatic amines is 1. The number of hydrazone groups is 1. The Morgan fingerprint density at radius 1 is 1.42 bits per heavy atom. The van der Waals surface area contributed by atoms with Gasteiger partial charge >= 0.3 is 0 Å². The molecule has 0 saturated heterocycles. The van der Waals surface area contributed by atoms with Gasteiger partial charge in [-0.2, -0.15) is 5.10 Å². The maximum absolute atomic E-state index is 11.4. The van der Waals surface area contributed by atoms with Crippen molar-refractivity contribution in [3.8, 4) is 0 Å². The third-order valence-corrected chi connectivity index (χ3v) is 2.43. The van der Waals surface area contributed by atoms with Crippen molar-refractivity contribution in [1.82, 2.24) is 20.9 Å². The Labute approximate surface area is 110 Å². The Morgan fingerprint density at radius 2 is 2.11 bits per heavy atom. The van der Waals surface area contributed by atoms with E-state index in [9.17, 15) is 9.59 Å². The van der Waals surface area contributed by atoms with Gasteiger partial charge in [0.15, 0.2) is 0 Å². The Morgan fingerprint density at radius 3 is 2.68 bits per heavy atom. The second-order valence-electron chi connectivity index (χ2n) is 3.95. The summed E-state index contributed by atoms with van der Waals surface area (Å²) in [6.07, 6.45) is 4.56. The monoisotopic (exact) mass is 267 g/mol. The molecular formula is C11H17N5O3. The van der Waals surface area contributed by atoms with E-state index in [1.807, 2.05) is 6.92 Å². The van der Waals surface area contributed by atoms with Gasteiger partial charge in [-0.25, -0.2) is 15.9 Å². The fraction of sp³-hybridized carbons (Fsp3) is 0.455. The summed E-state index contributed by atoms with van der Waals surface area (Å²) in [5, 5.41) is 12.0. The second-order valence-corrected chi connectivity index (χ2v) is 3.95. The number of hydroxylamine groups is 1. The number of unbranched alkanes of at least 4 members (excludes halogenated alkanes) is 1. The van der Waals surface area contributed by atoms with Gasteiger partial charge in [-0.15, -0.1) is 0 Å². The third kappa shape index (κ3) is 5.77. The van der Waals surface area contributed by atoms with Crippen LogP contribution >= 0.6 is 0 Å². The number of rotatable bonds is 7. The van der Waals surface area contributed by atoms with E-state index in [1.54, 1.807) is 6.33 Å². The molecule has 1 aromatic heterocycles. The Bertz CT molecular complexity index is 455. The van der Waals surface area contributed by atoms with Crippen molar-refractivity contribution in [1.29, 1.82) is 0 Å². The number of aromatic nitrogens is 2. The standard InChI is InChI=1S/C11H17N5O3/c1-8-9(13-7-12-8)6-14-15-10(17)4-2-3-5-11(18)16-19/h6-7,19H,2-5H2,1H3,(H,12,13)(H,15,17)(H,16,18)/b14-6+. The van der Waals surface area contributed by atoms with Gasteiger partial charge in [-0.1, -0.05) is 0 Å².